The molecule has 0 aliphatic rings. The van der Waals surface area contributed by atoms with Crippen LogP contribution in [0.5, 0.6) is 0 Å². The van der Waals surface area contributed by atoms with Crippen LogP contribution in [0.1, 0.15) is 28.9 Å². The Labute approximate surface area is 180 Å². The highest BCUT2D eigenvalue weighted by atomic mass is 32.2. The Morgan fingerprint density at radius 2 is 1.59 bits per heavy atom. The van der Waals surface area contributed by atoms with E-state index in [2.05, 4.69) is 5.10 Å². The maximum Gasteiger partial charge on any atom is 0.435 e. The summed E-state index contributed by atoms with van der Waals surface area (Å²) in [7, 11) is -4.04. The van der Waals surface area contributed by atoms with Gasteiger partial charge in [0, 0.05) is 12.0 Å². The van der Waals surface area contributed by atoms with Crippen molar-refractivity contribution in [3.05, 3.63) is 65.9 Å². The Kier molecular flexibility index (Phi) is 6.19. The Balaban J connectivity index is 2.30. The average Bonchev–Trinajstić information content (AvgIpc) is 3.13. The fourth-order valence-electron chi connectivity index (χ4n) is 3.05. The lowest BCUT2D eigenvalue weighted by atomic mass is 9.99. The summed E-state index contributed by atoms with van der Waals surface area (Å²) in [5, 5.41) is 17.5. The van der Waals surface area contributed by atoms with Gasteiger partial charge in [-0.15, -0.1) is 0 Å². The molecular weight excluding hydrogens is 451 g/mol. The number of sulfonamides is 1. The van der Waals surface area contributed by atoms with Crippen LogP contribution in [0, 0.1) is 0 Å². The first-order chi connectivity index (χ1) is 14.9. The second kappa shape index (κ2) is 8.55. The van der Waals surface area contributed by atoms with E-state index in [1.54, 1.807) is 18.2 Å². The number of primary sulfonamides is 1. The van der Waals surface area contributed by atoms with Gasteiger partial charge in [-0.25, -0.2) is 18.2 Å². The highest BCUT2D eigenvalue weighted by Gasteiger charge is 2.41. The summed E-state index contributed by atoms with van der Waals surface area (Å²) in [5.74, 6) is -2.37. The lowest BCUT2D eigenvalue weighted by Gasteiger charge is -2.10. The number of aromatic nitrogens is 2. The number of nitrogens with zero attached hydrogens (tertiary/aromatic N) is 2. The molecule has 0 bridgehead atoms. The van der Waals surface area contributed by atoms with E-state index in [-0.39, 0.29) is 21.8 Å². The lowest BCUT2D eigenvalue weighted by molar-refractivity contribution is -0.141. The molecule has 8 nitrogen and oxygen atoms in total. The third-order valence-corrected chi connectivity index (χ3v) is 5.38. The maximum atomic E-state index is 13.8. The monoisotopic (exact) mass is 467 g/mol. The SMILES string of the molecule is NS(=O)(=O)c1ccc(-n2nc(C(F)(F)F)c(C(=O)CCC(=O)O)c2-c2ccccc2)cc1. The average molecular weight is 467 g/mol. The number of aliphatic carboxylic acids is 1. The first-order valence-electron chi connectivity index (χ1n) is 9.03. The van der Waals surface area contributed by atoms with Crippen molar-refractivity contribution in [2.45, 2.75) is 23.9 Å². The third-order valence-electron chi connectivity index (χ3n) is 4.46. The number of hydrogen-bond acceptors (Lipinski definition) is 5. The molecule has 0 unspecified atom stereocenters. The molecule has 3 N–H and O–H groups in total. The van der Waals surface area contributed by atoms with Crippen molar-refractivity contribution in [2.75, 3.05) is 0 Å². The number of alkyl halides is 3. The fraction of sp³-hybridized carbons (Fsp3) is 0.150. The zero-order valence-electron chi connectivity index (χ0n) is 16.2. The van der Waals surface area contributed by atoms with Crippen LogP contribution in [0.25, 0.3) is 16.9 Å². The summed E-state index contributed by atoms with van der Waals surface area (Å²) in [6, 6.07) is 12.3. The van der Waals surface area contributed by atoms with Gasteiger partial charge in [-0.2, -0.15) is 18.3 Å². The molecule has 0 spiro atoms. The molecule has 32 heavy (non-hydrogen) atoms. The normalized spacial score (nSPS) is 12.0. The molecule has 12 heteroatoms. The standard InChI is InChI=1S/C20H16F3N3O5S/c21-20(22,23)19-17(15(27)10-11-16(28)29)18(12-4-2-1-3-5-12)26(25-19)13-6-8-14(9-7-13)32(24,30)31/h1-9H,10-11H2,(H,28,29)(H2,24,30,31). The second-order valence-electron chi connectivity index (χ2n) is 6.70. The number of carbonyl (C=O) groups is 2. The van der Waals surface area contributed by atoms with Gasteiger partial charge < -0.3 is 5.11 Å². The van der Waals surface area contributed by atoms with E-state index < -0.39 is 52.1 Å². The number of carboxylic acids is 1. The molecule has 1 aromatic heterocycles. The summed E-state index contributed by atoms with van der Waals surface area (Å²) in [6.07, 6.45) is -6.32. The number of nitrogens with two attached hydrogens (primary N) is 1. The van der Waals surface area contributed by atoms with Gasteiger partial charge in [0.2, 0.25) is 10.0 Å². The fourth-order valence-corrected chi connectivity index (χ4v) is 3.57. The minimum absolute atomic E-state index is 0.0408. The second-order valence-corrected chi connectivity index (χ2v) is 8.27. The molecule has 0 amide bonds. The number of rotatable bonds is 7. The van der Waals surface area contributed by atoms with Crippen molar-refractivity contribution in [1.29, 1.82) is 0 Å². The third kappa shape index (κ3) is 4.86. The smallest absolute Gasteiger partial charge is 0.435 e. The number of hydrogen-bond donors (Lipinski definition) is 2. The van der Waals surface area contributed by atoms with Crippen molar-refractivity contribution in [3.63, 3.8) is 0 Å². The van der Waals surface area contributed by atoms with Gasteiger partial charge in [0.25, 0.3) is 0 Å². The van der Waals surface area contributed by atoms with Gasteiger partial charge in [-0.05, 0) is 24.3 Å². The van der Waals surface area contributed by atoms with Crippen LogP contribution < -0.4 is 5.14 Å². The number of ketones is 1. The minimum Gasteiger partial charge on any atom is -0.481 e. The zero-order valence-corrected chi connectivity index (χ0v) is 17.0. The lowest BCUT2D eigenvalue weighted by Crippen LogP contribution is -2.14. The quantitative estimate of drug-likeness (QED) is 0.513. The number of Topliss-reactive ketones (excluding diaryl/α,β-unsaturated/α-hetero) is 1. The van der Waals surface area contributed by atoms with E-state index in [1.807, 2.05) is 0 Å². The molecule has 2 aromatic carbocycles. The first-order valence-corrected chi connectivity index (χ1v) is 10.6. The molecule has 168 valence electrons. The van der Waals surface area contributed by atoms with Crippen molar-refractivity contribution < 1.29 is 36.3 Å². The zero-order chi connectivity index (χ0) is 23.7. The van der Waals surface area contributed by atoms with Crippen LogP contribution in [-0.4, -0.2) is 35.1 Å². The van der Waals surface area contributed by atoms with Crippen molar-refractivity contribution >= 4 is 21.8 Å². The van der Waals surface area contributed by atoms with Crippen LogP contribution in [0.15, 0.2) is 59.5 Å². The van der Waals surface area contributed by atoms with Gasteiger partial charge in [0.15, 0.2) is 11.5 Å². The molecule has 3 aromatic rings. The van der Waals surface area contributed by atoms with E-state index in [0.29, 0.717) is 0 Å². The van der Waals surface area contributed by atoms with Crippen LogP contribution in [-0.2, 0) is 21.0 Å². The highest BCUT2D eigenvalue weighted by Crippen LogP contribution is 2.38. The molecule has 0 saturated carbocycles. The van der Waals surface area contributed by atoms with Gasteiger partial charge in [0.1, 0.15) is 0 Å². The van der Waals surface area contributed by atoms with Crippen LogP contribution >= 0.6 is 0 Å². The molecule has 0 fully saturated rings. The highest BCUT2D eigenvalue weighted by molar-refractivity contribution is 7.89. The number of carbonyl (C=O) groups excluding carboxylic acids is 1. The molecule has 0 aliphatic carbocycles. The summed E-state index contributed by atoms with van der Waals surface area (Å²) in [4.78, 5) is 23.3. The molecule has 0 saturated heterocycles. The summed E-state index contributed by atoms with van der Waals surface area (Å²) in [5.41, 5.74) is -2.16. The summed E-state index contributed by atoms with van der Waals surface area (Å²) >= 11 is 0. The van der Waals surface area contributed by atoms with Crippen LogP contribution in [0.4, 0.5) is 13.2 Å². The van der Waals surface area contributed by atoms with Crippen LogP contribution in [0.2, 0.25) is 0 Å². The molecular formula is C20H16F3N3O5S. The Hall–Kier alpha value is -3.51. The van der Waals surface area contributed by atoms with E-state index in [0.717, 1.165) is 16.8 Å². The molecule has 0 aliphatic heterocycles. The van der Waals surface area contributed by atoms with E-state index >= 15 is 0 Å². The van der Waals surface area contributed by atoms with Crippen molar-refractivity contribution in [1.82, 2.24) is 9.78 Å². The first kappa shape index (κ1) is 23.2. The maximum absolute atomic E-state index is 13.8. The Morgan fingerprint density at radius 3 is 2.09 bits per heavy atom. The van der Waals surface area contributed by atoms with Crippen LogP contribution in [0.3, 0.4) is 0 Å². The number of carboxylic acid groups (broad SMARTS) is 1. The van der Waals surface area contributed by atoms with Crippen molar-refractivity contribution in [3.8, 4) is 16.9 Å². The van der Waals surface area contributed by atoms with E-state index in [9.17, 15) is 31.2 Å². The Morgan fingerprint density at radius 1 is 1.00 bits per heavy atom. The number of halogens is 3. The molecule has 3 rings (SSSR count). The predicted octanol–water partition coefficient (Wildman–Crippen LogP) is 3.25. The molecule has 0 atom stereocenters. The molecule has 1 heterocycles. The van der Waals surface area contributed by atoms with E-state index in [4.69, 9.17) is 10.2 Å². The topological polar surface area (TPSA) is 132 Å². The van der Waals surface area contributed by atoms with Gasteiger partial charge in [-0.1, -0.05) is 30.3 Å². The van der Waals surface area contributed by atoms with Gasteiger partial charge in [-0.3, -0.25) is 9.59 Å². The summed E-state index contributed by atoms with van der Waals surface area (Å²) < 4.78 is 65.3. The molecule has 0 radical (unpaired) electrons. The van der Waals surface area contributed by atoms with E-state index in [1.165, 1.54) is 24.3 Å². The summed E-state index contributed by atoms with van der Waals surface area (Å²) in [6.45, 7) is 0. The van der Waals surface area contributed by atoms with Gasteiger partial charge >= 0.3 is 12.1 Å². The Bertz CT molecular complexity index is 1270. The van der Waals surface area contributed by atoms with Crippen molar-refractivity contribution in [2.24, 2.45) is 5.14 Å². The largest absolute Gasteiger partial charge is 0.481 e. The number of benzene rings is 2. The minimum atomic E-state index is -5.01. The van der Waals surface area contributed by atoms with Gasteiger partial charge in [0.05, 0.1) is 28.3 Å². The predicted molar refractivity (Wildman–Crippen MR) is 107 cm³/mol.